The number of nitrogens with one attached hydrogen (secondary N) is 2. The third kappa shape index (κ3) is 5.91. The number of hydrogen-bond acceptors (Lipinski definition) is 6. The third-order valence-corrected chi connectivity index (χ3v) is 5.51. The Bertz CT molecular complexity index is 1740. The highest BCUT2D eigenvalue weighted by Crippen LogP contribution is 2.37. The first-order valence-electron chi connectivity index (χ1n) is 11.7. The van der Waals surface area contributed by atoms with Crippen LogP contribution in [-0.4, -0.2) is 32.6 Å². The maximum atomic E-state index is 14.8. The zero-order valence-corrected chi connectivity index (χ0v) is 20.4. The number of carbonyl (C=O) groups excluding carboxylic acids is 1. The van der Waals surface area contributed by atoms with Crippen LogP contribution in [0.2, 0.25) is 0 Å². The Labute approximate surface area is 224 Å². The second kappa shape index (κ2) is 11.4. The van der Waals surface area contributed by atoms with E-state index in [0.29, 0.717) is 35.0 Å². The van der Waals surface area contributed by atoms with E-state index >= 15 is 0 Å². The summed E-state index contributed by atoms with van der Waals surface area (Å²) in [5, 5.41) is 12.9. The largest absolute Gasteiger partial charge is 0.503 e. The van der Waals surface area contributed by atoms with Crippen molar-refractivity contribution in [1.29, 1.82) is 0 Å². The summed E-state index contributed by atoms with van der Waals surface area (Å²) < 4.78 is 53.2. The van der Waals surface area contributed by atoms with E-state index in [2.05, 4.69) is 30.7 Å². The van der Waals surface area contributed by atoms with Crippen molar-refractivity contribution < 1.29 is 27.4 Å². The summed E-state index contributed by atoms with van der Waals surface area (Å²) in [6.07, 6.45) is 4.60. The summed E-state index contributed by atoms with van der Waals surface area (Å²) in [5.41, 5.74) is 0.245. The van der Waals surface area contributed by atoms with Crippen LogP contribution < -0.4 is 20.1 Å². The summed E-state index contributed by atoms with van der Waals surface area (Å²) in [4.78, 5) is 21.5. The maximum Gasteiger partial charge on any atom is 0.323 e. The zero-order chi connectivity index (χ0) is 28.1. The van der Waals surface area contributed by atoms with Crippen LogP contribution in [0.4, 0.5) is 35.0 Å². The van der Waals surface area contributed by atoms with Crippen LogP contribution in [0.25, 0.3) is 15.7 Å². The first-order chi connectivity index (χ1) is 19.4. The van der Waals surface area contributed by atoms with Crippen molar-refractivity contribution in [3.05, 3.63) is 102 Å². The Morgan fingerprint density at radius 1 is 0.900 bits per heavy atom. The number of halogens is 3. The van der Waals surface area contributed by atoms with E-state index in [0.717, 1.165) is 18.2 Å². The molecule has 0 aliphatic rings. The minimum atomic E-state index is -0.976. The molecule has 0 atom stereocenters. The lowest BCUT2D eigenvalue weighted by molar-refractivity contribution is 0.262. The number of aromatic nitrogens is 4. The SMILES string of the molecule is [C-]#[N+]c1cc2c(Oc3ccc(NC(=O)Nc4ccc(F)cc4F)c(F)c3)ccnc2cc1OCCn1nccn1. The number of rotatable bonds is 8. The van der Waals surface area contributed by atoms with Gasteiger partial charge in [-0.3, -0.25) is 4.98 Å². The van der Waals surface area contributed by atoms with Gasteiger partial charge in [-0.1, -0.05) is 0 Å². The standard InChI is InChI=1S/C27H18F3N7O3/c1-31-24-14-18-23(15-26(24)39-11-10-37-33-8-9-34-37)32-7-6-25(18)40-17-3-5-22(20(30)13-17)36-27(38)35-21-4-2-16(28)12-19(21)29/h2-9,12-15H,10-11H2,(H2,35,36,38). The molecule has 2 N–H and O–H groups in total. The number of urea groups is 1. The third-order valence-electron chi connectivity index (χ3n) is 5.51. The molecule has 5 aromatic rings. The predicted molar refractivity (Wildman–Crippen MR) is 139 cm³/mol. The molecule has 10 nitrogen and oxygen atoms in total. The molecule has 13 heteroatoms. The van der Waals surface area contributed by atoms with E-state index in [-0.39, 0.29) is 29.4 Å². The van der Waals surface area contributed by atoms with Gasteiger partial charge in [0.2, 0.25) is 5.69 Å². The molecule has 0 spiro atoms. The van der Waals surface area contributed by atoms with Crippen molar-refractivity contribution in [2.24, 2.45) is 0 Å². The lowest BCUT2D eigenvalue weighted by atomic mass is 10.1. The van der Waals surface area contributed by atoms with Crippen LogP contribution in [0.15, 0.2) is 73.2 Å². The molecule has 0 saturated heterocycles. The van der Waals surface area contributed by atoms with Crippen LogP contribution in [0.5, 0.6) is 17.2 Å². The molecular weight excluding hydrogens is 527 g/mol. The second-order valence-electron chi connectivity index (χ2n) is 8.18. The minimum absolute atomic E-state index is 0.108. The Hall–Kier alpha value is -5.64. The minimum Gasteiger partial charge on any atom is -0.503 e. The number of hydrogen-bond donors (Lipinski definition) is 2. The van der Waals surface area contributed by atoms with Gasteiger partial charge in [-0.25, -0.2) is 22.8 Å². The van der Waals surface area contributed by atoms with E-state index in [1.807, 2.05) is 0 Å². The van der Waals surface area contributed by atoms with Gasteiger partial charge in [0.1, 0.15) is 41.3 Å². The van der Waals surface area contributed by atoms with E-state index in [1.54, 1.807) is 30.6 Å². The van der Waals surface area contributed by atoms with Crippen molar-refractivity contribution >= 4 is 34.0 Å². The van der Waals surface area contributed by atoms with Crippen molar-refractivity contribution in [2.45, 2.75) is 6.54 Å². The van der Waals surface area contributed by atoms with E-state index in [1.165, 1.54) is 23.1 Å². The fourth-order valence-electron chi connectivity index (χ4n) is 3.68. The van der Waals surface area contributed by atoms with Gasteiger partial charge < -0.3 is 20.1 Å². The highest BCUT2D eigenvalue weighted by atomic mass is 19.1. The first kappa shape index (κ1) is 26.0. The second-order valence-corrected chi connectivity index (χ2v) is 8.18. The van der Waals surface area contributed by atoms with Gasteiger partial charge in [0.25, 0.3) is 0 Å². The van der Waals surface area contributed by atoms with Gasteiger partial charge in [0, 0.05) is 23.7 Å². The summed E-state index contributed by atoms with van der Waals surface area (Å²) in [7, 11) is 0. The smallest absolute Gasteiger partial charge is 0.323 e. The monoisotopic (exact) mass is 545 g/mol. The lowest BCUT2D eigenvalue weighted by Crippen LogP contribution is -2.20. The molecule has 0 unspecified atom stereocenters. The number of anilines is 2. The fourth-order valence-corrected chi connectivity index (χ4v) is 3.68. The predicted octanol–water partition coefficient (Wildman–Crippen LogP) is 6.31. The fraction of sp³-hybridized carbons (Fsp3) is 0.0741. The van der Waals surface area contributed by atoms with Gasteiger partial charge in [-0.15, -0.1) is 0 Å². The van der Waals surface area contributed by atoms with Gasteiger partial charge in [0.15, 0.2) is 0 Å². The Kier molecular flexibility index (Phi) is 7.41. The van der Waals surface area contributed by atoms with Crippen LogP contribution in [-0.2, 0) is 6.54 Å². The summed E-state index contributed by atoms with van der Waals surface area (Å²) >= 11 is 0. The Balaban J connectivity index is 1.30. The first-order valence-corrected chi connectivity index (χ1v) is 11.7. The molecule has 0 bridgehead atoms. The average molecular weight is 545 g/mol. The number of nitrogens with zero attached hydrogens (tertiary/aromatic N) is 5. The van der Waals surface area contributed by atoms with Gasteiger partial charge >= 0.3 is 6.03 Å². The summed E-state index contributed by atoms with van der Waals surface area (Å²) in [6.45, 7) is 8.17. The molecule has 5 rings (SSSR count). The molecule has 2 aromatic heterocycles. The summed E-state index contributed by atoms with van der Waals surface area (Å²) in [6, 6.07) is 10.2. The van der Waals surface area contributed by atoms with Crippen molar-refractivity contribution in [1.82, 2.24) is 20.0 Å². The van der Waals surface area contributed by atoms with Crippen LogP contribution in [0.3, 0.4) is 0 Å². The van der Waals surface area contributed by atoms with Crippen molar-refractivity contribution in [3.8, 4) is 17.2 Å². The molecule has 0 aliphatic carbocycles. The summed E-state index contributed by atoms with van der Waals surface area (Å²) in [5.74, 6) is -1.85. The topological polar surface area (TPSA) is 108 Å². The average Bonchev–Trinajstić information content (AvgIpc) is 3.45. The molecule has 0 radical (unpaired) electrons. The van der Waals surface area contributed by atoms with Gasteiger partial charge in [0.05, 0.1) is 42.4 Å². The number of pyridine rings is 1. The quantitative estimate of drug-likeness (QED) is 0.221. The number of ether oxygens (including phenoxy) is 2. The van der Waals surface area contributed by atoms with Crippen LogP contribution in [0.1, 0.15) is 0 Å². The number of amides is 2. The maximum absolute atomic E-state index is 14.8. The van der Waals surface area contributed by atoms with Gasteiger partial charge in [-0.2, -0.15) is 15.0 Å². The lowest BCUT2D eigenvalue weighted by Gasteiger charge is -2.13. The molecule has 0 saturated carbocycles. The molecule has 0 fully saturated rings. The molecular formula is C27H18F3N7O3. The van der Waals surface area contributed by atoms with Crippen molar-refractivity contribution in [2.75, 3.05) is 17.2 Å². The highest BCUT2D eigenvalue weighted by molar-refractivity contribution is 6.00. The number of fused-ring (bicyclic) bond motifs is 1. The number of carbonyl (C=O) groups is 1. The zero-order valence-electron chi connectivity index (χ0n) is 20.4. The van der Waals surface area contributed by atoms with Crippen molar-refractivity contribution in [3.63, 3.8) is 0 Å². The molecule has 40 heavy (non-hydrogen) atoms. The highest BCUT2D eigenvalue weighted by Gasteiger charge is 2.14. The van der Waals surface area contributed by atoms with E-state index in [4.69, 9.17) is 16.0 Å². The van der Waals surface area contributed by atoms with Crippen LogP contribution in [0, 0.1) is 24.0 Å². The molecule has 2 amide bonds. The molecule has 2 heterocycles. The normalized spacial score (nSPS) is 10.7. The molecule has 3 aromatic carbocycles. The molecule has 0 aliphatic heterocycles. The van der Waals surface area contributed by atoms with Gasteiger partial charge in [-0.05, 0) is 42.5 Å². The molecule has 200 valence electrons. The Morgan fingerprint density at radius 2 is 1.62 bits per heavy atom. The van der Waals surface area contributed by atoms with Crippen LogP contribution >= 0.6 is 0 Å². The Morgan fingerprint density at radius 3 is 2.33 bits per heavy atom. The number of benzene rings is 3. The van der Waals surface area contributed by atoms with E-state index in [9.17, 15) is 18.0 Å². The van der Waals surface area contributed by atoms with E-state index < -0.39 is 23.5 Å².